The minimum absolute atomic E-state index is 0.279. The van der Waals surface area contributed by atoms with Gasteiger partial charge in [-0.15, -0.1) is 0 Å². The molecule has 0 aromatic carbocycles. The summed E-state index contributed by atoms with van der Waals surface area (Å²) in [5, 5.41) is 2.98. The first-order valence-corrected chi connectivity index (χ1v) is 4.62. The zero-order valence-electron chi connectivity index (χ0n) is 7.00. The lowest BCUT2D eigenvalue weighted by Gasteiger charge is -2.28. The Balaban J connectivity index is 2.81. The molecule has 0 aromatic rings. The van der Waals surface area contributed by atoms with Crippen molar-refractivity contribution < 1.29 is 9.59 Å². The van der Waals surface area contributed by atoms with Crippen LogP contribution in [0.25, 0.3) is 0 Å². The van der Waals surface area contributed by atoms with Gasteiger partial charge in [0.2, 0.25) is 5.78 Å². The molecule has 1 aliphatic heterocycles. The summed E-state index contributed by atoms with van der Waals surface area (Å²) in [4.78, 5) is 21.4. The molecule has 1 rings (SSSR count). The van der Waals surface area contributed by atoms with Crippen LogP contribution < -0.4 is 5.32 Å². The van der Waals surface area contributed by atoms with Crippen molar-refractivity contribution >= 4 is 34.9 Å². The van der Waals surface area contributed by atoms with Crippen molar-refractivity contribution in [2.24, 2.45) is 0 Å². The second-order valence-corrected chi connectivity index (χ2v) is 4.50. The van der Waals surface area contributed by atoms with Crippen LogP contribution in [0.4, 0.5) is 0 Å². The molecule has 0 saturated carbocycles. The minimum atomic E-state index is -0.376. The second-order valence-electron chi connectivity index (χ2n) is 3.33. The van der Waals surface area contributed by atoms with Crippen molar-refractivity contribution in [2.75, 3.05) is 6.67 Å². The van der Waals surface area contributed by atoms with E-state index in [-0.39, 0.29) is 17.4 Å². The molecule has 0 bridgehead atoms. The average molecular weight is 282 g/mol. The molecule has 1 heterocycles. The molecule has 1 aliphatic rings. The highest BCUT2D eigenvalue weighted by molar-refractivity contribution is 14.1. The number of rotatable bonds is 2. The number of nitrogens with zero attached hydrogens (tertiary/aromatic N) is 1. The largest absolute Gasteiger partial charge is 0.295 e. The highest BCUT2D eigenvalue weighted by Gasteiger charge is 2.43. The van der Waals surface area contributed by atoms with Crippen LogP contribution in [0.15, 0.2) is 0 Å². The summed E-state index contributed by atoms with van der Waals surface area (Å²) >= 11 is 2.14. The van der Waals surface area contributed by atoms with E-state index in [1.54, 1.807) is 0 Å². The summed E-state index contributed by atoms with van der Waals surface area (Å²) in [6.45, 7) is 4.51. The van der Waals surface area contributed by atoms with Gasteiger partial charge >= 0.3 is 0 Å². The third-order valence-corrected chi connectivity index (χ3v) is 3.75. The maximum absolute atomic E-state index is 11.1. The monoisotopic (exact) mass is 282 g/mol. The van der Waals surface area contributed by atoms with Crippen LogP contribution in [0.3, 0.4) is 0 Å². The van der Waals surface area contributed by atoms with E-state index in [9.17, 15) is 9.59 Å². The molecule has 1 N–H and O–H groups in total. The van der Waals surface area contributed by atoms with Crippen molar-refractivity contribution in [2.45, 2.75) is 25.4 Å². The predicted molar refractivity (Wildman–Crippen MR) is 52.8 cm³/mol. The molecule has 0 aliphatic carbocycles. The Hall–Kier alpha value is -0.0100. The van der Waals surface area contributed by atoms with Gasteiger partial charge in [0.25, 0.3) is 0 Å². The van der Waals surface area contributed by atoms with E-state index < -0.39 is 0 Å². The normalized spacial score (nSPS) is 28.8. The molecule has 68 valence electrons. The first kappa shape index (κ1) is 10.1. The van der Waals surface area contributed by atoms with Gasteiger partial charge in [-0.1, -0.05) is 0 Å². The lowest BCUT2D eigenvalue weighted by molar-refractivity contribution is -0.131. The van der Waals surface area contributed by atoms with Crippen molar-refractivity contribution in [1.82, 2.24) is 8.43 Å². The fraction of sp³-hybridized carbons (Fsp3) is 0.714. The van der Waals surface area contributed by atoms with E-state index in [2.05, 4.69) is 28.2 Å². The van der Waals surface area contributed by atoms with E-state index in [0.29, 0.717) is 13.0 Å². The number of hydrogen-bond acceptors (Lipinski definition) is 4. The number of nitrogens with one attached hydrogen (secondary N) is 1. The van der Waals surface area contributed by atoms with Crippen molar-refractivity contribution in [1.29, 1.82) is 0 Å². The van der Waals surface area contributed by atoms with Gasteiger partial charge in [0.15, 0.2) is 6.29 Å². The summed E-state index contributed by atoms with van der Waals surface area (Å²) in [6.07, 6.45) is 0.384. The Kier molecular flexibility index (Phi) is 2.84. The van der Waals surface area contributed by atoms with E-state index in [4.69, 9.17) is 0 Å². The van der Waals surface area contributed by atoms with Gasteiger partial charge in [-0.2, -0.15) is 0 Å². The number of halogens is 1. The minimum Gasteiger partial charge on any atom is -0.295 e. The van der Waals surface area contributed by atoms with Crippen LogP contribution >= 0.6 is 22.9 Å². The Labute approximate surface area is 85.2 Å². The van der Waals surface area contributed by atoms with Crippen LogP contribution in [-0.4, -0.2) is 33.4 Å². The highest BCUT2D eigenvalue weighted by atomic mass is 127. The Bertz CT molecular complexity index is 217. The molecule has 12 heavy (non-hydrogen) atoms. The van der Waals surface area contributed by atoms with E-state index in [1.807, 2.05) is 17.0 Å². The standard InChI is InChI=1S/C7H11IN2O2/c1-7(2)6(5(12)3-11)9-4-10(7)8/h3,6,9H,4H2,1-2H3. The van der Waals surface area contributed by atoms with Crippen LogP contribution in [0.5, 0.6) is 0 Å². The topological polar surface area (TPSA) is 49.4 Å². The van der Waals surface area contributed by atoms with Crippen LogP contribution in [0.1, 0.15) is 13.8 Å². The fourth-order valence-corrected chi connectivity index (χ4v) is 1.76. The van der Waals surface area contributed by atoms with Crippen molar-refractivity contribution in [3.63, 3.8) is 0 Å². The lowest BCUT2D eigenvalue weighted by Crippen LogP contribution is -2.48. The summed E-state index contributed by atoms with van der Waals surface area (Å²) in [5.41, 5.74) is -0.279. The Morgan fingerprint density at radius 2 is 2.33 bits per heavy atom. The summed E-state index contributed by atoms with van der Waals surface area (Å²) in [5.74, 6) is -0.376. The maximum atomic E-state index is 11.1. The lowest BCUT2D eigenvalue weighted by atomic mass is 9.94. The Morgan fingerprint density at radius 1 is 1.75 bits per heavy atom. The zero-order valence-corrected chi connectivity index (χ0v) is 9.16. The van der Waals surface area contributed by atoms with Gasteiger partial charge < -0.3 is 0 Å². The molecular weight excluding hydrogens is 271 g/mol. The summed E-state index contributed by atoms with van der Waals surface area (Å²) in [6, 6.07) is -0.369. The average Bonchev–Trinajstić information content (AvgIpc) is 2.27. The number of ketones is 1. The molecule has 1 fully saturated rings. The zero-order chi connectivity index (χ0) is 9.35. The molecule has 1 saturated heterocycles. The van der Waals surface area contributed by atoms with Gasteiger partial charge in [0, 0.05) is 28.4 Å². The second kappa shape index (κ2) is 3.39. The highest BCUT2D eigenvalue weighted by Crippen LogP contribution is 2.27. The molecule has 1 unspecified atom stereocenters. The summed E-state index contributed by atoms with van der Waals surface area (Å²) < 4.78 is 1.98. The van der Waals surface area contributed by atoms with Crippen LogP contribution in [-0.2, 0) is 9.59 Å². The first-order chi connectivity index (χ1) is 5.50. The molecule has 5 heteroatoms. The fourth-order valence-electron chi connectivity index (χ4n) is 1.28. The van der Waals surface area contributed by atoms with Gasteiger partial charge in [-0.05, 0) is 13.8 Å². The van der Waals surface area contributed by atoms with Gasteiger partial charge in [-0.25, -0.2) is 3.11 Å². The van der Waals surface area contributed by atoms with E-state index in [0.717, 1.165) is 0 Å². The number of aldehydes is 1. The van der Waals surface area contributed by atoms with Crippen LogP contribution in [0, 0.1) is 0 Å². The van der Waals surface area contributed by atoms with Crippen molar-refractivity contribution in [3.8, 4) is 0 Å². The quantitative estimate of drug-likeness (QED) is 0.338. The molecule has 1 atom stereocenters. The van der Waals surface area contributed by atoms with E-state index >= 15 is 0 Å². The smallest absolute Gasteiger partial charge is 0.213 e. The summed E-state index contributed by atoms with van der Waals surface area (Å²) in [7, 11) is 0. The molecule has 0 spiro atoms. The van der Waals surface area contributed by atoms with Gasteiger partial charge in [0.1, 0.15) is 0 Å². The first-order valence-electron chi connectivity index (χ1n) is 3.66. The molecule has 0 radical (unpaired) electrons. The molecule has 0 aromatic heterocycles. The predicted octanol–water partition coefficient (Wildman–Crippen LogP) is 0.114. The Morgan fingerprint density at radius 3 is 2.67 bits per heavy atom. The third-order valence-electron chi connectivity index (χ3n) is 2.17. The van der Waals surface area contributed by atoms with Crippen molar-refractivity contribution in [3.05, 3.63) is 0 Å². The maximum Gasteiger partial charge on any atom is 0.213 e. The van der Waals surface area contributed by atoms with Crippen LogP contribution in [0.2, 0.25) is 0 Å². The third kappa shape index (κ3) is 1.53. The van der Waals surface area contributed by atoms with Gasteiger partial charge in [-0.3, -0.25) is 14.9 Å². The molecule has 0 amide bonds. The SMILES string of the molecule is CC1(C)C(C(=O)C=O)NCN1I. The number of Topliss-reactive ketones (excluding diaryl/α,β-unsaturated/α-hetero) is 1. The molecule has 4 nitrogen and oxygen atoms in total. The number of carbonyl (C=O) groups excluding carboxylic acids is 2. The number of hydrogen-bond donors (Lipinski definition) is 1. The molecular formula is C7H11IN2O2. The number of carbonyl (C=O) groups is 2. The van der Waals surface area contributed by atoms with Gasteiger partial charge in [0.05, 0.1) is 12.7 Å². The van der Waals surface area contributed by atoms with E-state index in [1.165, 1.54) is 0 Å².